The minimum atomic E-state index is -0.169. The van der Waals surface area contributed by atoms with Gasteiger partial charge >= 0.3 is 0 Å². The summed E-state index contributed by atoms with van der Waals surface area (Å²) in [7, 11) is 0. The summed E-state index contributed by atoms with van der Waals surface area (Å²) in [4.78, 5) is 17.6. The molecule has 2 heterocycles. The summed E-state index contributed by atoms with van der Waals surface area (Å²) in [5.41, 5.74) is 4.24. The van der Waals surface area contributed by atoms with Gasteiger partial charge in [0.2, 0.25) is 0 Å². The normalized spacial score (nSPS) is 14.4. The van der Waals surface area contributed by atoms with E-state index in [9.17, 15) is 4.79 Å². The lowest BCUT2D eigenvalue weighted by molar-refractivity contribution is 0.102. The molecule has 2 aromatic carbocycles. The van der Waals surface area contributed by atoms with Crippen LogP contribution in [0.25, 0.3) is 0 Å². The maximum atomic E-state index is 12.8. The van der Waals surface area contributed by atoms with E-state index in [1.54, 1.807) is 12.1 Å². The molecule has 1 aliphatic rings. The van der Waals surface area contributed by atoms with Gasteiger partial charge in [-0.05, 0) is 62.9 Å². The Balaban J connectivity index is 1.35. The van der Waals surface area contributed by atoms with Crippen molar-refractivity contribution in [2.24, 2.45) is 0 Å². The zero-order valence-electron chi connectivity index (χ0n) is 18.9. The number of aryl methyl sites for hydroxylation is 2. The predicted molar refractivity (Wildman–Crippen MR) is 125 cm³/mol. The number of carbonyl (C=O) groups is 1. The van der Waals surface area contributed by atoms with Gasteiger partial charge in [-0.3, -0.25) is 4.79 Å². The first-order valence-electron chi connectivity index (χ1n) is 11.1. The Hall–Kier alpha value is -3.32. The van der Waals surface area contributed by atoms with Crippen LogP contribution in [0.1, 0.15) is 34.3 Å². The molecule has 1 N–H and O–H groups in total. The second-order valence-corrected chi connectivity index (χ2v) is 8.04. The van der Waals surface area contributed by atoms with E-state index in [1.807, 2.05) is 38.1 Å². The number of amides is 1. The number of anilines is 2. The minimum absolute atomic E-state index is 0.169. The van der Waals surface area contributed by atoms with Gasteiger partial charge in [-0.25, -0.2) is 0 Å². The molecule has 7 nitrogen and oxygen atoms in total. The molecule has 4 rings (SSSR count). The van der Waals surface area contributed by atoms with Crippen LogP contribution in [0.2, 0.25) is 0 Å². The molecule has 1 aliphatic heterocycles. The Bertz CT molecular complexity index is 1030. The molecule has 1 fully saturated rings. The van der Waals surface area contributed by atoms with E-state index in [0.29, 0.717) is 17.9 Å². The van der Waals surface area contributed by atoms with Gasteiger partial charge in [0.15, 0.2) is 0 Å². The zero-order valence-corrected chi connectivity index (χ0v) is 18.9. The Kier molecular flexibility index (Phi) is 6.75. The summed E-state index contributed by atoms with van der Waals surface area (Å²) in [5.74, 6) is 1.20. The van der Waals surface area contributed by atoms with E-state index >= 15 is 0 Å². The van der Waals surface area contributed by atoms with E-state index in [2.05, 4.69) is 39.3 Å². The van der Waals surface area contributed by atoms with Crippen LogP contribution in [0.3, 0.4) is 0 Å². The van der Waals surface area contributed by atoms with Crippen molar-refractivity contribution < 1.29 is 14.1 Å². The number of piperazine rings is 1. The van der Waals surface area contributed by atoms with E-state index < -0.39 is 0 Å². The number of rotatable bonds is 7. The molecule has 0 saturated carbocycles. The number of hydrogen-bond acceptors (Lipinski definition) is 6. The van der Waals surface area contributed by atoms with Crippen molar-refractivity contribution in [3.05, 3.63) is 71.1 Å². The van der Waals surface area contributed by atoms with Crippen LogP contribution in [-0.4, -0.2) is 48.7 Å². The lowest BCUT2D eigenvalue weighted by Crippen LogP contribution is -2.46. The van der Waals surface area contributed by atoms with Crippen molar-refractivity contribution >= 4 is 17.3 Å². The lowest BCUT2D eigenvalue weighted by atomic mass is 10.2. The summed E-state index contributed by atoms with van der Waals surface area (Å²) in [6.45, 7) is 11.6. The monoisotopic (exact) mass is 434 g/mol. The van der Waals surface area contributed by atoms with Crippen LogP contribution >= 0.6 is 0 Å². The quantitative estimate of drug-likeness (QED) is 0.599. The summed E-state index contributed by atoms with van der Waals surface area (Å²) >= 11 is 0. The van der Waals surface area contributed by atoms with Crippen molar-refractivity contribution in [3.8, 4) is 5.75 Å². The predicted octanol–water partition coefficient (Wildman–Crippen LogP) is 4.26. The van der Waals surface area contributed by atoms with Gasteiger partial charge in [-0.15, -0.1) is 0 Å². The van der Waals surface area contributed by atoms with Gasteiger partial charge in [0.05, 0.1) is 11.3 Å². The smallest absolute Gasteiger partial charge is 0.255 e. The summed E-state index contributed by atoms with van der Waals surface area (Å²) in [5, 5.41) is 6.91. The molecule has 0 atom stereocenters. The average molecular weight is 435 g/mol. The second kappa shape index (κ2) is 9.87. The summed E-state index contributed by atoms with van der Waals surface area (Å²) in [6, 6.07) is 15.2. The van der Waals surface area contributed by atoms with Crippen LogP contribution in [0.15, 0.2) is 53.1 Å². The maximum absolute atomic E-state index is 12.8. The number of likely N-dealkylation sites (N-methyl/N-ethyl adjacent to an activating group) is 1. The molecule has 32 heavy (non-hydrogen) atoms. The third-order valence-electron chi connectivity index (χ3n) is 5.97. The fourth-order valence-electron chi connectivity index (χ4n) is 3.87. The van der Waals surface area contributed by atoms with Crippen LogP contribution in [0.4, 0.5) is 11.4 Å². The Morgan fingerprint density at radius 2 is 1.84 bits per heavy atom. The van der Waals surface area contributed by atoms with Crippen LogP contribution in [0, 0.1) is 13.8 Å². The highest BCUT2D eigenvalue weighted by molar-refractivity contribution is 6.04. The molecule has 0 radical (unpaired) electrons. The number of ether oxygens (including phenoxy) is 1. The summed E-state index contributed by atoms with van der Waals surface area (Å²) < 4.78 is 11.0. The van der Waals surface area contributed by atoms with Gasteiger partial charge < -0.3 is 24.4 Å². The molecule has 3 aromatic rings. The number of benzene rings is 2. The molecule has 1 aromatic heterocycles. The van der Waals surface area contributed by atoms with Gasteiger partial charge in [-0.1, -0.05) is 18.1 Å². The second-order valence-electron chi connectivity index (χ2n) is 8.04. The summed E-state index contributed by atoms with van der Waals surface area (Å²) in [6.07, 6.45) is 0. The largest absolute Gasteiger partial charge is 0.489 e. The lowest BCUT2D eigenvalue weighted by Gasteiger charge is -2.35. The standard InChI is InChI=1S/C25H30N4O3/c1-4-28-12-14-29(15-13-28)22-10-8-21(9-11-22)26-25(30)20-6-5-7-23(16-20)31-17-24-18(2)27-32-19(24)3/h5-11,16H,4,12-15,17H2,1-3H3,(H,26,30). The molecular formula is C25H30N4O3. The molecule has 0 spiro atoms. The van der Waals surface area contributed by atoms with Crippen LogP contribution in [-0.2, 0) is 6.61 Å². The van der Waals surface area contributed by atoms with Crippen molar-refractivity contribution in [1.29, 1.82) is 0 Å². The van der Waals surface area contributed by atoms with E-state index in [1.165, 1.54) is 5.69 Å². The van der Waals surface area contributed by atoms with E-state index in [0.717, 1.165) is 55.4 Å². The van der Waals surface area contributed by atoms with Crippen molar-refractivity contribution in [2.75, 3.05) is 42.9 Å². The molecule has 168 valence electrons. The van der Waals surface area contributed by atoms with Crippen molar-refractivity contribution in [3.63, 3.8) is 0 Å². The first-order valence-corrected chi connectivity index (χ1v) is 11.1. The van der Waals surface area contributed by atoms with Crippen molar-refractivity contribution in [1.82, 2.24) is 10.1 Å². The van der Waals surface area contributed by atoms with Gasteiger partial charge in [0.25, 0.3) is 5.91 Å². The Labute approximate surface area is 188 Å². The third kappa shape index (κ3) is 5.11. The molecule has 1 saturated heterocycles. The average Bonchev–Trinajstić information content (AvgIpc) is 3.15. The molecule has 0 unspecified atom stereocenters. The number of nitrogens with zero attached hydrogens (tertiary/aromatic N) is 3. The fraction of sp³-hybridized carbons (Fsp3) is 0.360. The molecule has 0 bridgehead atoms. The van der Waals surface area contributed by atoms with Gasteiger partial charge in [-0.2, -0.15) is 0 Å². The van der Waals surface area contributed by atoms with Gasteiger partial charge in [0.1, 0.15) is 18.1 Å². The molecule has 7 heteroatoms. The number of hydrogen-bond donors (Lipinski definition) is 1. The molecule has 1 amide bonds. The molecule has 0 aliphatic carbocycles. The van der Waals surface area contributed by atoms with Crippen LogP contribution < -0.4 is 15.0 Å². The highest BCUT2D eigenvalue weighted by atomic mass is 16.5. The first kappa shape index (κ1) is 21.9. The first-order chi connectivity index (χ1) is 15.5. The topological polar surface area (TPSA) is 70.8 Å². The highest BCUT2D eigenvalue weighted by Crippen LogP contribution is 2.22. The Morgan fingerprint density at radius 1 is 1.09 bits per heavy atom. The number of aromatic nitrogens is 1. The fourth-order valence-corrected chi connectivity index (χ4v) is 3.87. The molecular weight excluding hydrogens is 404 g/mol. The van der Waals surface area contributed by atoms with E-state index in [4.69, 9.17) is 9.26 Å². The van der Waals surface area contributed by atoms with Crippen LogP contribution in [0.5, 0.6) is 5.75 Å². The maximum Gasteiger partial charge on any atom is 0.255 e. The number of nitrogens with one attached hydrogen (secondary N) is 1. The highest BCUT2D eigenvalue weighted by Gasteiger charge is 2.16. The SMILES string of the molecule is CCN1CCN(c2ccc(NC(=O)c3cccc(OCc4c(C)noc4C)c3)cc2)CC1. The van der Waals surface area contributed by atoms with Crippen molar-refractivity contribution in [2.45, 2.75) is 27.4 Å². The Morgan fingerprint density at radius 3 is 2.50 bits per heavy atom. The number of carbonyl (C=O) groups excluding carboxylic acids is 1. The minimum Gasteiger partial charge on any atom is -0.489 e. The van der Waals surface area contributed by atoms with Gasteiger partial charge in [0, 0.05) is 43.1 Å². The zero-order chi connectivity index (χ0) is 22.5. The third-order valence-corrected chi connectivity index (χ3v) is 5.97. The van der Waals surface area contributed by atoms with E-state index in [-0.39, 0.29) is 5.91 Å².